The number of aromatic nitrogens is 2. The van der Waals surface area contributed by atoms with Crippen molar-refractivity contribution in [1.82, 2.24) is 9.78 Å². The van der Waals surface area contributed by atoms with Crippen molar-refractivity contribution >= 4 is 34.8 Å². The van der Waals surface area contributed by atoms with E-state index in [1.807, 2.05) is 0 Å². The molecule has 0 N–H and O–H groups in total. The number of hydrogen-bond acceptors (Lipinski definition) is 1. The highest BCUT2D eigenvalue weighted by molar-refractivity contribution is 6.35. The van der Waals surface area contributed by atoms with Crippen LogP contribution in [0, 0.1) is 0 Å². The molecule has 0 unspecified atom stereocenters. The van der Waals surface area contributed by atoms with E-state index in [0.29, 0.717) is 20.9 Å². The van der Waals surface area contributed by atoms with E-state index in [2.05, 4.69) is 5.10 Å². The standard InChI is InChI=1S/C9H5Cl3N2/c10-6-1-2-7(11)8(5-6)14-9(12)3-4-13-14/h1-5H. The summed E-state index contributed by atoms with van der Waals surface area (Å²) in [5, 5.41) is 5.67. The molecule has 2 aromatic rings. The molecule has 0 fully saturated rings. The van der Waals surface area contributed by atoms with Gasteiger partial charge in [0.1, 0.15) is 5.15 Å². The van der Waals surface area contributed by atoms with Crippen molar-refractivity contribution in [3.05, 3.63) is 45.7 Å². The molecule has 0 atom stereocenters. The molecule has 0 saturated heterocycles. The van der Waals surface area contributed by atoms with Crippen LogP contribution in [0.3, 0.4) is 0 Å². The summed E-state index contributed by atoms with van der Waals surface area (Å²) >= 11 is 17.7. The molecule has 14 heavy (non-hydrogen) atoms. The Morgan fingerprint density at radius 1 is 1.07 bits per heavy atom. The minimum atomic E-state index is 0.495. The van der Waals surface area contributed by atoms with Gasteiger partial charge >= 0.3 is 0 Å². The van der Waals surface area contributed by atoms with Crippen molar-refractivity contribution < 1.29 is 0 Å². The number of halogens is 3. The molecule has 2 rings (SSSR count). The minimum absolute atomic E-state index is 0.495. The highest BCUT2D eigenvalue weighted by Gasteiger charge is 2.07. The molecule has 0 aliphatic rings. The van der Waals surface area contributed by atoms with Gasteiger partial charge in [-0.1, -0.05) is 34.8 Å². The Kier molecular flexibility index (Phi) is 2.68. The van der Waals surface area contributed by atoms with E-state index in [1.54, 1.807) is 30.5 Å². The SMILES string of the molecule is Clc1ccc(Cl)c(-n2nccc2Cl)c1. The van der Waals surface area contributed by atoms with Crippen LogP contribution in [-0.4, -0.2) is 9.78 Å². The average molecular weight is 248 g/mol. The average Bonchev–Trinajstić information content (AvgIpc) is 2.56. The van der Waals surface area contributed by atoms with Crippen molar-refractivity contribution in [2.45, 2.75) is 0 Å². The molecule has 0 spiro atoms. The monoisotopic (exact) mass is 246 g/mol. The lowest BCUT2D eigenvalue weighted by atomic mass is 10.3. The van der Waals surface area contributed by atoms with Gasteiger partial charge in [0.15, 0.2) is 0 Å². The molecule has 0 amide bonds. The molecule has 2 nitrogen and oxygen atoms in total. The van der Waals surface area contributed by atoms with Gasteiger partial charge in [-0.05, 0) is 24.3 Å². The normalized spacial score (nSPS) is 10.5. The molecule has 0 radical (unpaired) electrons. The maximum Gasteiger partial charge on any atom is 0.132 e. The van der Waals surface area contributed by atoms with Crippen LogP contribution in [0.15, 0.2) is 30.5 Å². The first kappa shape index (κ1) is 9.84. The quantitative estimate of drug-likeness (QED) is 0.749. The Morgan fingerprint density at radius 2 is 1.86 bits per heavy atom. The Bertz CT molecular complexity index is 465. The van der Waals surface area contributed by atoms with Crippen LogP contribution in [0.5, 0.6) is 0 Å². The first-order chi connectivity index (χ1) is 6.68. The van der Waals surface area contributed by atoms with Gasteiger partial charge in [-0.2, -0.15) is 5.10 Å². The van der Waals surface area contributed by atoms with E-state index in [0.717, 1.165) is 0 Å². The summed E-state index contributed by atoms with van der Waals surface area (Å²) in [6.45, 7) is 0. The fourth-order valence-electron chi connectivity index (χ4n) is 1.11. The molecular weight excluding hydrogens is 242 g/mol. The van der Waals surface area contributed by atoms with E-state index < -0.39 is 0 Å². The van der Waals surface area contributed by atoms with Gasteiger partial charge in [0, 0.05) is 5.02 Å². The maximum absolute atomic E-state index is 5.98. The lowest BCUT2D eigenvalue weighted by molar-refractivity contribution is 0.881. The Balaban J connectivity index is 2.62. The van der Waals surface area contributed by atoms with E-state index in [1.165, 1.54) is 4.68 Å². The van der Waals surface area contributed by atoms with Crippen LogP contribution in [0.1, 0.15) is 0 Å². The van der Waals surface area contributed by atoms with E-state index >= 15 is 0 Å². The maximum atomic E-state index is 5.98. The van der Waals surface area contributed by atoms with Gasteiger partial charge in [-0.3, -0.25) is 0 Å². The van der Waals surface area contributed by atoms with Crippen molar-refractivity contribution in [3.63, 3.8) is 0 Å². The van der Waals surface area contributed by atoms with Crippen molar-refractivity contribution in [3.8, 4) is 5.69 Å². The Morgan fingerprint density at radius 3 is 2.50 bits per heavy atom. The van der Waals surface area contributed by atoms with Crippen LogP contribution in [-0.2, 0) is 0 Å². The molecule has 0 aliphatic carbocycles. The zero-order chi connectivity index (χ0) is 10.1. The molecule has 0 saturated carbocycles. The Hall–Kier alpha value is -0.700. The van der Waals surface area contributed by atoms with Crippen LogP contribution < -0.4 is 0 Å². The number of rotatable bonds is 1. The third-order valence-electron chi connectivity index (χ3n) is 1.73. The van der Waals surface area contributed by atoms with Crippen molar-refractivity contribution in [1.29, 1.82) is 0 Å². The molecule has 0 bridgehead atoms. The number of benzene rings is 1. The lowest BCUT2D eigenvalue weighted by Crippen LogP contribution is -1.96. The first-order valence-electron chi connectivity index (χ1n) is 3.83. The summed E-state index contributed by atoms with van der Waals surface area (Å²) in [7, 11) is 0. The lowest BCUT2D eigenvalue weighted by Gasteiger charge is -2.05. The highest BCUT2D eigenvalue weighted by atomic mass is 35.5. The summed E-state index contributed by atoms with van der Waals surface area (Å²) in [5.41, 5.74) is 0.675. The summed E-state index contributed by atoms with van der Waals surface area (Å²) < 4.78 is 1.52. The number of hydrogen-bond donors (Lipinski definition) is 0. The second-order valence-electron chi connectivity index (χ2n) is 2.66. The topological polar surface area (TPSA) is 17.8 Å². The van der Waals surface area contributed by atoms with Crippen molar-refractivity contribution in [2.75, 3.05) is 0 Å². The molecule has 0 aliphatic heterocycles. The Labute approximate surface area is 96.0 Å². The smallest absolute Gasteiger partial charge is 0.132 e. The van der Waals surface area contributed by atoms with E-state index in [9.17, 15) is 0 Å². The molecule has 72 valence electrons. The van der Waals surface area contributed by atoms with Gasteiger partial charge in [-0.25, -0.2) is 4.68 Å². The third kappa shape index (κ3) is 1.73. The fourth-order valence-corrected chi connectivity index (χ4v) is 1.67. The highest BCUT2D eigenvalue weighted by Crippen LogP contribution is 2.26. The second-order valence-corrected chi connectivity index (χ2v) is 3.89. The summed E-state index contributed by atoms with van der Waals surface area (Å²) in [4.78, 5) is 0. The first-order valence-corrected chi connectivity index (χ1v) is 4.97. The van der Waals surface area contributed by atoms with Crippen LogP contribution >= 0.6 is 34.8 Å². The zero-order valence-electron chi connectivity index (χ0n) is 6.92. The molecule has 5 heteroatoms. The molecular formula is C9H5Cl3N2. The van der Waals surface area contributed by atoms with Crippen LogP contribution in [0.4, 0.5) is 0 Å². The van der Waals surface area contributed by atoms with E-state index in [-0.39, 0.29) is 0 Å². The minimum Gasteiger partial charge on any atom is -0.221 e. The van der Waals surface area contributed by atoms with Crippen LogP contribution in [0.2, 0.25) is 15.2 Å². The summed E-state index contributed by atoms with van der Waals surface area (Å²) in [6, 6.07) is 6.81. The van der Waals surface area contributed by atoms with Gasteiger partial charge in [-0.15, -0.1) is 0 Å². The third-order valence-corrected chi connectivity index (χ3v) is 2.57. The molecule has 1 aromatic carbocycles. The van der Waals surface area contributed by atoms with Gasteiger partial charge < -0.3 is 0 Å². The predicted molar refractivity (Wildman–Crippen MR) is 58.6 cm³/mol. The fraction of sp³-hybridized carbons (Fsp3) is 0. The van der Waals surface area contributed by atoms with Crippen molar-refractivity contribution in [2.24, 2.45) is 0 Å². The molecule has 1 aromatic heterocycles. The molecule has 1 heterocycles. The van der Waals surface area contributed by atoms with E-state index in [4.69, 9.17) is 34.8 Å². The summed E-state index contributed by atoms with van der Waals surface area (Å²) in [6.07, 6.45) is 1.60. The van der Waals surface area contributed by atoms with Gasteiger partial charge in [0.05, 0.1) is 16.9 Å². The summed E-state index contributed by atoms with van der Waals surface area (Å²) in [5.74, 6) is 0. The van der Waals surface area contributed by atoms with Crippen LogP contribution in [0.25, 0.3) is 5.69 Å². The predicted octanol–water partition coefficient (Wildman–Crippen LogP) is 3.83. The number of nitrogens with zero attached hydrogens (tertiary/aromatic N) is 2. The van der Waals surface area contributed by atoms with Gasteiger partial charge in [0.2, 0.25) is 0 Å². The van der Waals surface area contributed by atoms with Gasteiger partial charge in [0.25, 0.3) is 0 Å². The second kappa shape index (κ2) is 3.81. The zero-order valence-corrected chi connectivity index (χ0v) is 9.18. The largest absolute Gasteiger partial charge is 0.221 e.